The van der Waals surface area contributed by atoms with Crippen molar-refractivity contribution in [3.05, 3.63) is 0 Å². The van der Waals surface area contributed by atoms with E-state index in [4.69, 9.17) is 17.8 Å². The summed E-state index contributed by atoms with van der Waals surface area (Å²) in [7, 11) is 11.3. The van der Waals surface area contributed by atoms with Gasteiger partial charge in [-0.05, 0) is 0 Å². The topological polar surface area (TPSA) is 0 Å². The molecule has 0 aromatic carbocycles. The van der Waals surface area contributed by atoms with Crippen molar-refractivity contribution in [1.29, 1.82) is 0 Å². The summed E-state index contributed by atoms with van der Waals surface area (Å²) >= 11 is -1.80. The molecule has 0 nitrogen and oxygen atoms in total. The molecule has 0 heterocycles. The zero-order valence-corrected chi connectivity index (χ0v) is 10.8. The van der Waals surface area contributed by atoms with E-state index in [0.717, 1.165) is 4.44 Å². The van der Waals surface area contributed by atoms with E-state index < -0.39 is 17.5 Å². The third-order valence-corrected chi connectivity index (χ3v) is 6.11. The fraction of sp³-hybridized carbons (Fsp3) is 1.00. The normalized spacial score (nSPS) is 9.00. The van der Waals surface area contributed by atoms with Crippen molar-refractivity contribution in [2.75, 3.05) is 0 Å². The SMILES string of the molecule is CCC[CH2][SnH]([Cl])[Cl].S. The van der Waals surface area contributed by atoms with Gasteiger partial charge >= 0.3 is 59.6 Å². The van der Waals surface area contributed by atoms with Gasteiger partial charge in [0.15, 0.2) is 0 Å². The summed E-state index contributed by atoms with van der Waals surface area (Å²) in [5.74, 6) is 0. The Balaban J connectivity index is 0. The smallest absolute Gasteiger partial charge is 0.197 e. The Bertz CT molecular complexity index is 43.0. The molecule has 0 aliphatic carbocycles. The van der Waals surface area contributed by atoms with Gasteiger partial charge in [-0.25, -0.2) is 0 Å². The van der Waals surface area contributed by atoms with Gasteiger partial charge in [0, 0.05) is 0 Å². The predicted molar refractivity (Wildman–Crippen MR) is 49.0 cm³/mol. The van der Waals surface area contributed by atoms with Gasteiger partial charge in [-0.3, -0.25) is 0 Å². The van der Waals surface area contributed by atoms with E-state index in [1.807, 2.05) is 0 Å². The minimum absolute atomic E-state index is 0. The van der Waals surface area contributed by atoms with Crippen molar-refractivity contribution in [3.8, 4) is 0 Å². The maximum atomic E-state index is 5.63. The van der Waals surface area contributed by atoms with Crippen LogP contribution < -0.4 is 0 Å². The molecule has 0 N–H and O–H groups in total. The molecule has 0 amide bonds. The number of halogens is 2. The van der Waals surface area contributed by atoms with Crippen molar-refractivity contribution in [2.45, 2.75) is 24.2 Å². The zero-order valence-electron chi connectivity index (χ0n) is 4.95. The fourth-order valence-corrected chi connectivity index (χ4v) is 4.47. The Morgan fingerprint density at radius 2 is 1.88 bits per heavy atom. The van der Waals surface area contributed by atoms with Gasteiger partial charge in [-0.1, -0.05) is 0 Å². The summed E-state index contributed by atoms with van der Waals surface area (Å²) in [4.78, 5) is 0. The molecule has 0 bridgehead atoms. The largest absolute Gasteiger partial charge is 0.197 e. The van der Waals surface area contributed by atoms with Gasteiger partial charge in [-0.2, -0.15) is 13.5 Å². The molecule has 0 aliphatic rings. The molecule has 0 unspecified atom stereocenters. The molecule has 0 saturated carbocycles. The second-order valence-corrected chi connectivity index (χ2v) is 14.0. The van der Waals surface area contributed by atoms with E-state index in [1.54, 1.807) is 0 Å². The summed E-state index contributed by atoms with van der Waals surface area (Å²) in [5.41, 5.74) is 0. The molecule has 0 fully saturated rings. The average molecular weight is 282 g/mol. The first-order chi connectivity index (χ1) is 3.27. The van der Waals surface area contributed by atoms with E-state index in [9.17, 15) is 0 Å². The first kappa shape index (κ1) is 12.4. The molecule has 0 radical (unpaired) electrons. The van der Waals surface area contributed by atoms with Crippen LogP contribution in [0.2, 0.25) is 4.44 Å². The summed E-state index contributed by atoms with van der Waals surface area (Å²) < 4.78 is 1.14. The van der Waals surface area contributed by atoms with Gasteiger partial charge in [0.25, 0.3) is 0 Å². The zero-order chi connectivity index (χ0) is 5.70. The molecule has 0 aromatic rings. The number of unbranched alkanes of at least 4 members (excludes halogenated alkanes) is 1. The van der Waals surface area contributed by atoms with Crippen molar-refractivity contribution in [2.24, 2.45) is 0 Å². The molecule has 0 spiro atoms. The first-order valence-electron chi connectivity index (χ1n) is 2.55. The van der Waals surface area contributed by atoms with Crippen LogP contribution in [-0.2, 0) is 0 Å². The maximum Gasteiger partial charge on any atom is -0.197 e. The Hall–Kier alpha value is 1.73. The minimum Gasteiger partial charge on any atom is -0.197 e. The van der Waals surface area contributed by atoms with Gasteiger partial charge in [0.1, 0.15) is 0 Å². The monoisotopic (exact) mass is 282 g/mol. The van der Waals surface area contributed by atoms with E-state index in [2.05, 4.69) is 6.92 Å². The average Bonchev–Trinajstić information content (AvgIpc) is 1.61. The Labute approximate surface area is 72.6 Å². The molecule has 0 rings (SSSR count). The van der Waals surface area contributed by atoms with Crippen molar-refractivity contribution in [1.82, 2.24) is 0 Å². The van der Waals surface area contributed by atoms with Crippen molar-refractivity contribution < 1.29 is 0 Å². The van der Waals surface area contributed by atoms with Crippen LogP contribution in [0, 0.1) is 0 Å². The summed E-state index contributed by atoms with van der Waals surface area (Å²) in [5, 5.41) is 0. The van der Waals surface area contributed by atoms with E-state index in [1.165, 1.54) is 12.8 Å². The second-order valence-electron chi connectivity index (χ2n) is 1.53. The third kappa shape index (κ3) is 10.7. The first-order valence-corrected chi connectivity index (χ1v) is 13.2. The second kappa shape index (κ2) is 8.73. The third-order valence-electron chi connectivity index (χ3n) is 0.776. The molecule has 52 valence electrons. The van der Waals surface area contributed by atoms with E-state index >= 15 is 0 Å². The van der Waals surface area contributed by atoms with Crippen LogP contribution in [0.4, 0.5) is 0 Å². The number of hydrogen-bond acceptors (Lipinski definition) is 0. The van der Waals surface area contributed by atoms with E-state index in [0.29, 0.717) is 0 Å². The summed E-state index contributed by atoms with van der Waals surface area (Å²) in [6, 6.07) is 0. The number of rotatable bonds is 3. The molecular weight excluding hydrogens is 270 g/mol. The van der Waals surface area contributed by atoms with Crippen LogP contribution in [0.3, 0.4) is 0 Å². The van der Waals surface area contributed by atoms with Gasteiger partial charge in [-0.15, -0.1) is 0 Å². The maximum absolute atomic E-state index is 5.63. The molecular formula is C4H12Cl2SSn. The summed E-state index contributed by atoms with van der Waals surface area (Å²) in [6.07, 6.45) is 2.46. The Kier molecular flexibility index (Phi) is 13.5. The molecule has 8 heavy (non-hydrogen) atoms. The van der Waals surface area contributed by atoms with Crippen LogP contribution in [0.25, 0.3) is 0 Å². The van der Waals surface area contributed by atoms with E-state index in [-0.39, 0.29) is 13.5 Å². The summed E-state index contributed by atoms with van der Waals surface area (Å²) in [6.45, 7) is 2.15. The Morgan fingerprint density at radius 3 is 2.00 bits per heavy atom. The van der Waals surface area contributed by atoms with Gasteiger partial charge in [0.05, 0.1) is 0 Å². The fourth-order valence-electron chi connectivity index (χ4n) is 0.358. The van der Waals surface area contributed by atoms with Crippen molar-refractivity contribution in [3.63, 3.8) is 0 Å². The molecule has 0 saturated heterocycles. The minimum atomic E-state index is -1.80. The van der Waals surface area contributed by atoms with Crippen LogP contribution in [-0.4, -0.2) is 17.5 Å². The molecule has 0 aromatic heterocycles. The van der Waals surface area contributed by atoms with Crippen molar-refractivity contribution >= 4 is 48.8 Å². The van der Waals surface area contributed by atoms with Crippen LogP contribution in [0.15, 0.2) is 0 Å². The molecule has 0 atom stereocenters. The number of hydrogen-bond donors (Lipinski definition) is 0. The van der Waals surface area contributed by atoms with Gasteiger partial charge < -0.3 is 0 Å². The van der Waals surface area contributed by atoms with Crippen LogP contribution >= 0.6 is 31.3 Å². The van der Waals surface area contributed by atoms with Crippen LogP contribution in [0.5, 0.6) is 0 Å². The van der Waals surface area contributed by atoms with Gasteiger partial charge in [0.2, 0.25) is 0 Å². The van der Waals surface area contributed by atoms with Crippen LogP contribution in [0.1, 0.15) is 19.8 Å². The predicted octanol–water partition coefficient (Wildman–Crippen LogP) is 2.60. The standard InChI is InChI=1S/C4H9.2ClH.H2S.Sn.H/c1-3-4-2;;;;;/h1,3-4H2,2H3;2*1H;1H2;;/q;;;;+2;/p-2. The quantitative estimate of drug-likeness (QED) is 0.698. The Morgan fingerprint density at radius 1 is 1.38 bits per heavy atom. The molecule has 4 heteroatoms. The molecule has 0 aliphatic heterocycles.